The van der Waals surface area contributed by atoms with Crippen LogP contribution in [0, 0.1) is 11.6 Å². The quantitative estimate of drug-likeness (QED) is 0.664. The van der Waals surface area contributed by atoms with Crippen LogP contribution in [0.5, 0.6) is 0 Å². The van der Waals surface area contributed by atoms with Crippen LogP contribution in [0.3, 0.4) is 0 Å². The van der Waals surface area contributed by atoms with Crippen molar-refractivity contribution < 1.29 is 18.3 Å². The highest BCUT2D eigenvalue weighted by atomic mass is 19.1. The zero-order valence-electron chi connectivity index (χ0n) is 11.3. The number of ether oxygens (including phenoxy) is 2. The zero-order chi connectivity index (χ0) is 13.9. The maximum atomic E-state index is 13.3. The van der Waals surface area contributed by atoms with Crippen LogP contribution in [0.1, 0.15) is 18.4 Å². The molecule has 0 atom stereocenters. The largest absolute Gasteiger partial charge is 0.382 e. The van der Waals surface area contributed by atoms with Gasteiger partial charge in [0.15, 0.2) is 0 Å². The molecule has 3 nitrogen and oxygen atoms in total. The summed E-state index contributed by atoms with van der Waals surface area (Å²) >= 11 is 0. The summed E-state index contributed by atoms with van der Waals surface area (Å²) in [5.74, 6) is -1.05. The molecule has 0 spiro atoms. The van der Waals surface area contributed by atoms with E-state index < -0.39 is 11.6 Å². The molecule has 5 heteroatoms. The molecule has 0 heterocycles. The molecule has 0 radical (unpaired) electrons. The van der Waals surface area contributed by atoms with Crippen LogP contribution in [0.15, 0.2) is 18.2 Å². The minimum atomic E-state index is -0.547. The molecule has 0 aliphatic rings. The molecule has 0 fully saturated rings. The standard InChI is InChI=1S/C14H21F2NO2/c1-18-8-9-19-7-3-2-6-17-11-12-4-5-13(15)10-14(12)16/h4-5,10,17H,2-3,6-9,11H2,1H3. The smallest absolute Gasteiger partial charge is 0.130 e. The van der Waals surface area contributed by atoms with Crippen LogP contribution in [0.4, 0.5) is 8.78 Å². The van der Waals surface area contributed by atoms with Crippen molar-refractivity contribution >= 4 is 0 Å². The summed E-state index contributed by atoms with van der Waals surface area (Å²) in [6.45, 7) is 3.13. The second-order valence-electron chi connectivity index (χ2n) is 4.22. The number of benzene rings is 1. The van der Waals surface area contributed by atoms with Crippen LogP contribution in [0.25, 0.3) is 0 Å². The van der Waals surface area contributed by atoms with Gasteiger partial charge in [0.2, 0.25) is 0 Å². The zero-order valence-corrected chi connectivity index (χ0v) is 11.3. The number of nitrogens with one attached hydrogen (secondary N) is 1. The lowest BCUT2D eigenvalue weighted by Gasteiger charge is -2.06. The fourth-order valence-corrected chi connectivity index (χ4v) is 1.59. The first kappa shape index (κ1) is 16.0. The molecule has 0 bridgehead atoms. The van der Waals surface area contributed by atoms with Gasteiger partial charge < -0.3 is 14.8 Å². The maximum Gasteiger partial charge on any atom is 0.130 e. The molecule has 0 aliphatic carbocycles. The summed E-state index contributed by atoms with van der Waals surface area (Å²) in [7, 11) is 1.64. The molecule has 1 aromatic rings. The molecule has 1 N–H and O–H groups in total. The molecule has 108 valence electrons. The topological polar surface area (TPSA) is 30.5 Å². The lowest BCUT2D eigenvalue weighted by Crippen LogP contribution is -2.16. The number of hydrogen-bond acceptors (Lipinski definition) is 3. The second kappa shape index (κ2) is 9.83. The highest BCUT2D eigenvalue weighted by Gasteiger charge is 2.02. The summed E-state index contributed by atoms with van der Waals surface area (Å²) < 4.78 is 36.1. The SMILES string of the molecule is COCCOCCCCNCc1ccc(F)cc1F. The first-order chi connectivity index (χ1) is 9.24. The van der Waals surface area contributed by atoms with E-state index in [9.17, 15) is 8.78 Å². The van der Waals surface area contributed by atoms with Gasteiger partial charge in [0, 0.05) is 31.9 Å². The van der Waals surface area contributed by atoms with E-state index in [2.05, 4.69) is 5.32 Å². The lowest BCUT2D eigenvalue weighted by molar-refractivity contribution is 0.0688. The van der Waals surface area contributed by atoms with Crippen molar-refractivity contribution in [3.8, 4) is 0 Å². The normalized spacial score (nSPS) is 10.9. The summed E-state index contributed by atoms with van der Waals surface area (Å²) in [4.78, 5) is 0. The van der Waals surface area contributed by atoms with E-state index in [4.69, 9.17) is 9.47 Å². The summed E-state index contributed by atoms with van der Waals surface area (Å²) in [5, 5.41) is 3.12. The van der Waals surface area contributed by atoms with Gasteiger partial charge in [0.05, 0.1) is 13.2 Å². The molecule has 0 aromatic heterocycles. The Morgan fingerprint density at radius 1 is 1.11 bits per heavy atom. The van der Waals surface area contributed by atoms with Gasteiger partial charge in [-0.1, -0.05) is 6.07 Å². The molecule has 19 heavy (non-hydrogen) atoms. The maximum absolute atomic E-state index is 13.3. The molecule has 0 aliphatic heterocycles. The molecular weight excluding hydrogens is 252 g/mol. The summed E-state index contributed by atoms with van der Waals surface area (Å²) in [5.41, 5.74) is 0.484. The predicted molar refractivity (Wildman–Crippen MR) is 70.0 cm³/mol. The third-order valence-corrected chi connectivity index (χ3v) is 2.65. The molecule has 0 unspecified atom stereocenters. The van der Waals surface area contributed by atoms with E-state index in [1.54, 1.807) is 7.11 Å². The molecule has 0 amide bonds. The van der Waals surface area contributed by atoms with Gasteiger partial charge in [-0.15, -0.1) is 0 Å². The van der Waals surface area contributed by atoms with Crippen LogP contribution in [-0.2, 0) is 16.0 Å². The van der Waals surface area contributed by atoms with Crippen molar-refractivity contribution in [1.82, 2.24) is 5.32 Å². The van der Waals surface area contributed by atoms with Gasteiger partial charge in [-0.05, 0) is 25.5 Å². The highest BCUT2D eigenvalue weighted by Crippen LogP contribution is 2.08. The van der Waals surface area contributed by atoms with Crippen molar-refractivity contribution in [2.24, 2.45) is 0 Å². The van der Waals surface area contributed by atoms with Crippen LogP contribution >= 0.6 is 0 Å². The third-order valence-electron chi connectivity index (χ3n) is 2.65. The van der Waals surface area contributed by atoms with Crippen molar-refractivity contribution in [1.29, 1.82) is 0 Å². The number of unbranched alkanes of at least 4 members (excludes halogenated alkanes) is 1. The van der Waals surface area contributed by atoms with E-state index in [1.165, 1.54) is 12.1 Å². The first-order valence-corrected chi connectivity index (χ1v) is 6.45. The van der Waals surface area contributed by atoms with E-state index in [0.29, 0.717) is 31.9 Å². The lowest BCUT2D eigenvalue weighted by atomic mass is 10.2. The Morgan fingerprint density at radius 2 is 1.95 bits per heavy atom. The average molecular weight is 273 g/mol. The van der Waals surface area contributed by atoms with Crippen LogP contribution < -0.4 is 5.32 Å². The number of hydrogen-bond donors (Lipinski definition) is 1. The predicted octanol–water partition coefficient (Wildman–Crippen LogP) is 2.50. The molecule has 1 rings (SSSR count). The van der Waals surface area contributed by atoms with E-state index in [0.717, 1.165) is 25.5 Å². The van der Waals surface area contributed by atoms with Crippen LogP contribution in [0.2, 0.25) is 0 Å². The average Bonchev–Trinajstić information content (AvgIpc) is 2.39. The van der Waals surface area contributed by atoms with Crippen molar-refractivity contribution in [2.45, 2.75) is 19.4 Å². The van der Waals surface area contributed by atoms with Gasteiger partial charge in [-0.3, -0.25) is 0 Å². The summed E-state index contributed by atoms with van der Waals surface area (Å²) in [6, 6.07) is 3.63. The van der Waals surface area contributed by atoms with Gasteiger partial charge in [0.1, 0.15) is 11.6 Å². The summed E-state index contributed by atoms with van der Waals surface area (Å²) in [6.07, 6.45) is 1.90. The Morgan fingerprint density at radius 3 is 2.68 bits per heavy atom. The van der Waals surface area contributed by atoms with Gasteiger partial charge >= 0.3 is 0 Å². The molecule has 0 saturated heterocycles. The Balaban J connectivity index is 2.01. The third kappa shape index (κ3) is 7.20. The Hall–Kier alpha value is -1.04. The van der Waals surface area contributed by atoms with Crippen molar-refractivity contribution in [3.63, 3.8) is 0 Å². The minimum absolute atomic E-state index is 0.413. The second-order valence-corrected chi connectivity index (χ2v) is 4.22. The fourth-order valence-electron chi connectivity index (χ4n) is 1.59. The number of rotatable bonds is 10. The molecule has 1 aromatic carbocycles. The number of halogens is 2. The monoisotopic (exact) mass is 273 g/mol. The van der Waals surface area contributed by atoms with Crippen molar-refractivity contribution in [3.05, 3.63) is 35.4 Å². The molecule has 0 saturated carbocycles. The fraction of sp³-hybridized carbons (Fsp3) is 0.571. The van der Waals surface area contributed by atoms with E-state index in [-0.39, 0.29) is 0 Å². The van der Waals surface area contributed by atoms with Gasteiger partial charge in [0.25, 0.3) is 0 Å². The number of methoxy groups -OCH3 is 1. The van der Waals surface area contributed by atoms with Crippen LogP contribution in [-0.4, -0.2) is 33.5 Å². The van der Waals surface area contributed by atoms with Gasteiger partial charge in [-0.2, -0.15) is 0 Å². The molecular formula is C14H21F2NO2. The van der Waals surface area contributed by atoms with Gasteiger partial charge in [-0.25, -0.2) is 8.78 Å². The van der Waals surface area contributed by atoms with E-state index in [1.807, 2.05) is 0 Å². The Labute approximate surface area is 112 Å². The Kier molecular flexibility index (Phi) is 8.29. The van der Waals surface area contributed by atoms with E-state index >= 15 is 0 Å². The minimum Gasteiger partial charge on any atom is -0.382 e. The first-order valence-electron chi connectivity index (χ1n) is 6.45. The van der Waals surface area contributed by atoms with Crippen molar-refractivity contribution in [2.75, 3.05) is 33.5 Å². The highest BCUT2D eigenvalue weighted by molar-refractivity contribution is 5.18. The Bertz CT molecular complexity index is 361.